The quantitative estimate of drug-likeness (QED) is 0.714. The van der Waals surface area contributed by atoms with Crippen LogP contribution in [0.15, 0.2) is 53.6 Å². The molecule has 1 aromatic carbocycles. The normalized spacial score (nSPS) is 13.7. The number of benzene rings is 1. The van der Waals surface area contributed by atoms with E-state index in [-0.39, 0.29) is 23.2 Å². The van der Waals surface area contributed by atoms with Gasteiger partial charge in [-0.15, -0.1) is 0 Å². The van der Waals surface area contributed by atoms with Gasteiger partial charge < -0.3 is 20.5 Å². The summed E-state index contributed by atoms with van der Waals surface area (Å²) in [7, 11) is 1.68. The van der Waals surface area contributed by atoms with E-state index in [9.17, 15) is 14.9 Å². The number of aryl methyl sites for hydroxylation is 1. The van der Waals surface area contributed by atoms with Crippen LogP contribution in [-0.2, 0) is 7.05 Å². The van der Waals surface area contributed by atoms with Gasteiger partial charge >= 0.3 is 0 Å². The van der Waals surface area contributed by atoms with Crippen LogP contribution in [0, 0.1) is 11.3 Å². The molecule has 0 aliphatic carbocycles. The lowest BCUT2D eigenvalue weighted by molar-refractivity contribution is 0.0746. The number of hydrogen-bond donors (Lipinski definition) is 1. The highest BCUT2D eigenvalue weighted by molar-refractivity contribution is 5.96. The third-order valence-electron chi connectivity index (χ3n) is 5.18. The third kappa shape index (κ3) is 3.44. The first kappa shape index (κ1) is 20.0. The van der Waals surface area contributed by atoms with Crippen molar-refractivity contribution in [2.24, 2.45) is 7.05 Å². The van der Waals surface area contributed by atoms with E-state index >= 15 is 0 Å². The van der Waals surface area contributed by atoms with Crippen molar-refractivity contribution < 1.29 is 4.79 Å². The standard InChI is InChI=1S/C21H19N5O2.H3N/c1-24-18-7-3-2-6-16(18)19(17(13-22)21(24)28)25-9-11-26(12-10-25)20(27)15-5-4-8-23-14-15;/h2-8,14H,9-12H2,1H3;1H3. The predicted octanol–water partition coefficient (Wildman–Crippen LogP) is 1.93. The number of amides is 1. The van der Waals surface area contributed by atoms with Gasteiger partial charge in [0.25, 0.3) is 11.5 Å². The first-order chi connectivity index (χ1) is 13.6. The third-order valence-corrected chi connectivity index (χ3v) is 5.18. The summed E-state index contributed by atoms with van der Waals surface area (Å²) in [6, 6.07) is 13.2. The first-order valence-electron chi connectivity index (χ1n) is 9.08. The highest BCUT2D eigenvalue weighted by Crippen LogP contribution is 2.29. The van der Waals surface area contributed by atoms with Crippen molar-refractivity contribution in [1.82, 2.24) is 20.6 Å². The van der Waals surface area contributed by atoms with Crippen molar-refractivity contribution in [2.45, 2.75) is 0 Å². The number of pyridine rings is 2. The van der Waals surface area contributed by atoms with Crippen molar-refractivity contribution in [3.63, 3.8) is 0 Å². The minimum Gasteiger partial charge on any atom is -0.366 e. The minimum absolute atomic E-state index is 0. The summed E-state index contributed by atoms with van der Waals surface area (Å²) in [6.07, 6.45) is 3.20. The van der Waals surface area contributed by atoms with Gasteiger partial charge in [0.1, 0.15) is 11.6 Å². The fourth-order valence-electron chi connectivity index (χ4n) is 3.71. The van der Waals surface area contributed by atoms with Crippen LogP contribution in [-0.4, -0.2) is 46.5 Å². The number of carbonyl (C=O) groups is 1. The van der Waals surface area contributed by atoms with Gasteiger partial charge in [-0.25, -0.2) is 0 Å². The zero-order chi connectivity index (χ0) is 19.7. The van der Waals surface area contributed by atoms with Crippen LogP contribution in [0.3, 0.4) is 0 Å². The maximum Gasteiger partial charge on any atom is 0.270 e. The van der Waals surface area contributed by atoms with Crippen LogP contribution >= 0.6 is 0 Å². The van der Waals surface area contributed by atoms with Gasteiger partial charge in [-0.05, 0) is 18.2 Å². The SMILES string of the molecule is Cn1c(=O)c(C#N)c(N2CCN(C(=O)c3cccnc3)CC2)c2ccccc21.N. The number of hydrogen-bond acceptors (Lipinski definition) is 6. The number of aromatic nitrogens is 2. The topological polar surface area (TPSA) is 117 Å². The average Bonchev–Trinajstić information content (AvgIpc) is 2.76. The Kier molecular flexibility index (Phi) is 5.61. The first-order valence-corrected chi connectivity index (χ1v) is 9.08. The summed E-state index contributed by atoms with van der Waals surface area (Å²) in [4.78, 5) is 33.1. The maximum atomic E-state index is 12.7. The van der Waals surface area contributed by atoms with Crippen molar-refractivity contribution in [2.75, 3.05) is 31.1 Å². The van der Waals surface area contributed by atoms with Gasteiger partial charge in [0.2, 0.25) is 0 Å². The molecule has 0 radical (unpaired) electrons. The Morgan fingerprint density at radius 2 is 1.83 bits per heavy atom. The molecule has 0 atom stereocenters. The maximum absolute atomic E-state index is 12.7. The molecule has 148 valence electrons. The summed E-state index contributed by atoms with van der Waals surface area (Å²) in [5.74, 6) is -0.0536. The summed E-state index contributed by atoms with van der Waals surface area (Å²) in [6.45, 7) is 2.14. The second-order valence-electron chi connectivity index (χ2n) is 6.74. The Balaban J connectivity index is 0.00000240. The second-order valence-corrected chi connectivity index (χ2v) is 6.74. The van der Waals surface area contributed by atoms with E-state index in [1.165, 1.54) is 4.57 Å². The van der Waals surface area contributed by atoms with E-state index in [2.05, 4.69) is 11.1 Å². The van der Waals surface area contributed by atoms with Crippen LogP contribution in [0.1, 0.15) is 15.9 Å². The lowest BCUT2D eigenvalue weighted by Crippen LogP contribution is -2.49. The lowest BCUT2D eigenvalue weighted by Gasteiger charge is -2.37. The summed E-state index contributed by atoms with van der Waals surface area (Å²) >= 11 is 0. The zero-order valence-electron chi connectivity index (χ0n) is 16.2. The molecule has 0 saturated carbocycles. The molecule has 3 heterocycles. The second kappa shape index (κ2) is 8.12. The monoisotopic (exact) mass is 390 g/mol. The number of nitrogens with zero attached hydrogens (tertiary/aromatic N) is 5. The number of piperazine rings is 1. The van der Waals surface area contributed by atoms with Gasteiger partial charge in [0.15, 0.2) is 0 Å². The largest absolute Gasteiger partial charge is 0.366 e. The molecule has 1 aliphatic heterocycles. The van der Waals surface area contributed by atoms with Gasteiger partial charge in [-0.2, -0.15) is 5.26 Å². The molecule has 2 aromatic heterocycles. The smallest absolute Gasteiger partial charge is 0.270 e. The number of para-hydroxylation sites is 1. The van der Waals surface area contributed by atoms with Crippen molar-refractivity contribution in [3.8, 4) is 6.07 Å². The molecular weight excluding hydrogens is 368 g/mol. The molecule has 1 amide bonds. The Morgan fingerprint density at radius 1 is 1.10 bits per heavy atom. The Labute approximate surface area is 168 Å². The molecule has 8 heteroatoms. The van der Waals surface area contributed by atoms with Crippen LogP contribution in [0.2, 0.25) is 0 Å². The van der Waals surface area contributed by atoms with Gasteiger partial charge in [-0.1, -0.05) is 18.2 Å². The molecule has 1 saturated heterocycles. The zero-order valence-corrected chi connectivity index (χ0v) is 16.2. The molecule has 29 heavy (non-hydrogen) atoms. The number of carbonyl (C=O) groups excluding carboxylic acids is 1. The van der Waals surface area contributed by atoms with Gasteiger partial charge in [0, 0.05) is 51.0 Å². The average molecular weight is 390 g/mol. The van der Waals surface area contributed by atoms with Gasteiger partial charge in [0.05, 0.1) is 16.8 Å². The fourth-order valence-corrected chi connectivity index (χ4v) is 3.71. The Hall–Kier alpha value is -3.70. The molecule has 1 aliphatic rings. The molecule has 0 spiro atoms. The summed E-state index contributed by atoms with van der Waals surface area (Å²) < 4.78 is 1.51. The van der Waals surface area contributed by atoms with Crippen LogP contribution in [0.4, 0.5) is 5.69 Å². The van der Waals surface area contributed by atoms with Gasteiger partial charge in [-0.3, -0.25) is 14.6 Å². The number of rotatable bonds is 2. The predicted molar refractivity (Wildman–Crippen MR) is 111 cm³/mol. The number of anilines is 1. The van der Waals surface area contributed by atoms with Crippen molar-refractivity contribution >= 4 is 22.5 Å². The van der Waals surface area contributed by atoms with E-state index in [1.807, 2.05) is 29.2 Å². The van der Waals surface area contributed by atoms with Crippen LogP contribution in [0.5, 0.6) is 0 Å². The van der Waals surface area contributed by atoms with E-state index in [0.717, 1.165) is 10.9 Å². The van der Waals surface area contributed by atoms with E-state index in [1.54, 1.807) is 36.5 Å². The summed E-state index contributed by atoms with van der Waals surface area (Å²) in [5, 5.41) is 10.5. The van der Waals surface area contributed by atoms with E-state index in [4.69, 9.17) is 0 Å². The fraction of sp³-hybridized carbons (Fsp3) is 0.238. The van der Waals surface area contributed by atoms with Crippen molar-refractivity contribution in [1.29, 1.82) is 5.26 Å². The molecule has 3 N–H and O–H groups in total. The molecule has 3 aromatic rings. The number of nitriles is 1. The molecular formula is C21H22N6O2. The minimum atomic E-state index is -0.301. The summed E-state index contributed by atoms with van der Waals surface area (Å²) in [5.41, 5.74) is 1.86. The molecule has 1 fully saturated rings. The Bertz CT molecular complexity index is 1140. The van der Waals surface area contributed by atoms with Crippen LogP contribution in [0.25, 0.3) is 10.9 Å². The van der Waals surface area contributed by atoms with Crippen LogP contribution < -0.4 is 16.6 Å². The molecule has 4 rings (SSSR count). The van der Waals surface area contributed by atoms with E-state index in [0.29, 0.717) is 37.4 Å². The highest BCUT2D eigenvalue weighted by atomic mass is 16.2. The number of fused-ring (bicyclic) bond motifs is 1. The molecule has 8 nitrogen and oxygen atoms in total. The lowest BCUT2D eigenvalue weighted by atomic mass is 10.1. The molecule has 0 bridgehead atoms. The highest BCUT2D eigenvalue weighted by Gasteiger charge is 2.26. The Morgan fingerprint density at radius 3 is 2.48 bits per heavy atom. The molecule has 0 unspecified atom stereocenters. The van der Waals surface area contributed by atoms with Crippen molar-refractivity contribution in [3.05, 3.63) is 70.3 Å². The van der Waals surface area contributed by atoms with E-state index < -0.39 is 0 Å².